The molecule has 0 radical (unpaired) electrons. The van der Waals surface area contributed by atoms with E-state index in [1.54, 1.807) is 13.1 Å². The lowest BCUT2D eigenvalue weighted by molar-refractivity contribution is 1.01. The second kappa shape index (κ2) is 3.54. The number of nitrogens with zero attached hydrogens (tertiary/aromatic N) is 2. The van der Waals surface area contributed by atoms with Crippen LogP contribution in [0, 0.1) is 13.8 Å². The Morgan fingerprint density at radius 2 is 2.08 bits per heavy atom. The highest BCUT2D eigenvalue weighted by Gasteiger charge is 2.05. The van der Waals surface area contributed by atoms with Crippen LogP contribution in [-0.2, 0) is 0 Å². The van der Waals surface area contributed by atoms with Crippen molar-refractivity contribution in [3.63, 3.8) is 0 Å². The van der Waals surface area contributed by atoms with Crippen molar-refractivity contribution in [1.82, 2.24) is 9.97 Å². The molecule has 3 nitrogen and oxygen atoms in total. The number of aryl methyl sites for hydroxylation is 2. The van der Waals surface area contributed by atoms with Crippen molar-refractivity contribution < 1.29 is 0 Å². The molecule has 0 aliphatic rings. The van der Waals surface area contributed by atoms with Crippen LogP contribution in [0.3, 0.4) is 0 Å². The summed E-state index contributed by atoms with van der Waals surface area (Å²) < 4.78 is 0. The number of anilines is 1. The van der Waals surface area contributed by atoms with Crippen LogP contribution < -0.4 is 5.32 Å². The van der Waals surface area contributed by atoms with Gasteiger partial charge in [0.25, 0.3) is 0 Å². The van der Waals surface area contributed by atoms with Gasteiger partial charge in [0.2, 0.25) is 0 Å². The maximum absolute atomic E-state index is 5.85. The van der Waals surface area contributed by atoms with Crippen LogP contribution >= 0.6 is 11.6 Å². The largest absolute Gasteiger partial charge is 0.358 e. The minimum Gasteiger partial charge on any atom is -0.358 e. The van der Waals surface area contributed by atoms with Gasteiger partial charge in [-0.05, 0) is 20.0 Å². The van der Waals surface area contributed by atoms with E-state index in [1.165, 1.54) is 0 Å². The number of nitrogens with one attached hydrogen (secondary N) is 1. The number of halogens is 1. The van der Waals surface area contributed by atoms with Crippen LogP contribution in [0.25, 0.3) is 0 Å². The summed E-state index contributed by atoms with van der Waals surface area (Å²) in [5.41, 5.74) is 1.55. The molecular formula is C8H10ClN3. The molecule has 0 aliphatic heterocycles. The number of hydrogen-bond acceptors (Lipinski definition) is 3. The third-order valence-electron chi connectivity index (χ3n) is 1.40. The molecule has 0 amide bonds. The minimum atomic E-state index is 0.430. The molecule has 1 aromatic rings. The third kappa shape index (κ3) is 1.74. The van der Waals surface area contributed by atoms with Gasteiger partial charge in [0.05, 0.1) is 11.4 Å². The number of rotatable bonds is 2. The van der Waals surface area contributed by atoms with Crippen LogP contribution in [0.1, 0.15) is 11.5 Å². The Bertz CT molecular complexity index is 286. The van der Waals surface area contributed by atoms with E-state index in [9.17, 15) is 0 Å². The Morgan fingerprint density at radius 3 is 2.58 bits per heavy atom. The van der Waals surface area contributed by atoms with Gasteiger partial charge in [-0.25, -0.2) is 9.97 Å². The zero-order valence-corrected chi connectivity index (χ0v) is 7.81. The summed E-state index contributed by atoms with van der Waals surface area (Å²) >= 11 is 5.85. The Hall–Kier alpha value is -1.09. The maximum atomic E-state index is 5.85. The average Bonchev–Trinajstić information content (AvgIpc) is 1.96. The van der Waals surface area contributed by atoms with Gasteiger partial charge in [0.1, 0.15) is 5.82 Å². The first-order chi connectivity index (χ1) is 5.65. The van der Waals surface area contributed by atoms with E-state index in [0.717, 1.165) is 11.4 Å². The van der Waals surface area contributed by atoms with E-state index in [2.05, 4.69) is 21.9 Å². The fourth-order valence-electron chi connectivity index (χ4n) is 0.937. The predicted molar refractivity (Wildman–Crippen MR) is 50.3 cm³/mol. The summed E-state index contributed by atoms with van der Waals surface area (Å²) in [6.45, 7) is 7.20. The topological polar surface area (TPSA) is 37.8 Å². The molecule has 0 unspecified atom stereocenters. The van der Waals surface area contributed by atoms with Gasteiger partial charge in [0.15, 0.2) is 5.15 Å². The van der Waals surface area contributed by atoms with E-state index < -0.39 is 0 Å². The van der Waals surface area contributed by atoms with Crippen LogP contribution in [0.4, 0.5) is 5.69 Å². The Labute approximate surface area is 76.5 Å². The standard InChI is InChI=1S/C8H10ClN3/c1-4-10-7-5(2)11-6(3)12-8(7)9/h4,10H,1H2,2-3H3. The van der Waals surface area contributed by atoms with E-state index in [1.807, 2.05) is 6.92 Å². The molecule has 0 aliphatic carbocycles. The first kappa shape index (κ1) is 9.00. The molecule has 4 heteroatoms. The highest BCUT2D eigenvalue weighted by molar-refractivity contribution is 6.32. The zero-order chi connectivity index (χ0) is 9.14. The molecule has 0 atom stereocenters. The van der Waals surface area contributed by atoms with E-state index in [0.29, 0.717) is 11.0 Å². The van der Waals surface area contributed by atoms with Gasteiger partial charge < -0.3 is 5.32 Å². The van der Waals surface area contributed by atoms with Crippen molar-refractivity contribution >= 4 is 17.3 Å². The molecule has 0 bridgehead atoms. The van der Waals surface area contributed by atoms with Gasteiger partial charge in [-0.1, -0.05) is 18.2 Å². The van der Waals surface area contributed by atoms with E-state index in [-0.39, 0.29) is 0 Å². The Morgan fingerprint density at radius 1 is 1.42 bits per heavy atom. The normalized spacial score (nSPS) is 9.58. The quantitative estimate of drug-likeness (QED) is 0.715. The summed E-state index contributed by atoms with van der Waals surface area (Å²) in [6, 6.07) is 0. The third-order valence-corrected chi connectivity index (χ3v) is 1.68. The van der Waals surface area contributed by atoms with Crippen LogP contribution in [0.2, 0.25) is 5.15 Å². The first-order valence-electron chi connectivity index (χ1n) is 3.53. The highest BCUT2D eigenvalue weighted by atomic mass is 35.5. The van der Waals surface area contributed by atoms with Gasteiger partial charge in [-0.15, -0.1) is 0 Å². The maximum Gasteiger partial charge on any atom is 0.156 e. The lowest BCUT2D eigenvalue weighted by Crippen LogP contribution is -1.99. The highest BCUT2D eigenvalue weighted by Crippen LogP contribution is 2.21. The van der Waals surface area contributed by atoms with Gasteiger partial charge in [0, 0.05) is 0 Å². The fourth-order valence-corrected chi connectivity index (χ4v) is 1.25. The molecule has 0 saturated carbocycles. The molecule has 12 heavy (non-hydrogen) atoms. The second-order valence-corrected chi connectivity index (χ2v) is 2.73. The summed E-state index contributed by atoms with van der Waals surface area (Å²) in [5.74, 6) is 0.673. The monoisotopic (exact) mass is 183 g/mol. The molecule has 0 saturated heterocycles. The SMILES string of the molecule is C=CNc1c(C)nc(C)nc1Cl. The molecule has 1 N–H and O–H groups in total. The van der Waals surface area contributed by atoms with Gasteiger partial charge in [-0.2, -0.15) is 0 Å². The molecule has 0 aromatic carbocycles. The fraction of sp³-hybridized carbons (Fsp3) is 0.250. The van der Waals surface area contributed by atoms with Crippen LogP contribution in [-0.4, -0.2) is 9.97 Å². The molecule has 64 valence electrons. The van der Waals surface area contributed by atoms with Crippen molar-refractivity contribution in [2.45, 2.75) is 13.8 Å². The van der Waals surface area contributed by atoms with Crippen molar-refractivity contribution in [3.8, 4) is 0 Å². The van der Waals surface area contributed by atoms with Crippen LogP contribution in [0.5, 0.6) is 0 Å². The first-order valence-corrected chi connectivity index (χ1v) is 3.91. The second-order valence-electron chi connectivity index (χ2n) is 2.37. The number of aromatic nitrogens is 2. The average molecular weight is 184 g/mol. The predicted octanol–water partition coefficient (Wildman–Crippen LogP) is 2.30. The van der Waals surface area contributed by atoms with Crippen LogP contribution in [0.15, 0.2) is 12.8 Å². The van der Waals surface area contributed by atoms with E-state index >= 15 is 0 Å². The van der Waals surface area contributed by atoms with Gasteiger partial charge in [-0.3, -0.25) is 0 Å². The lowest BCUT2D eigenvalue weighted by atomic mass is 10.3. The molecule has 0 spiro atoms. The summed E-state index contributed by atoms with van der Waals surface area (Å²) in [7, 11) is 0. The van der Waals surface area contributed by atoms with Crippen molar-refractivity contribution in [2.75, 3.05) is 5.32 Å². The summed E-state index contributed by atoms with van der Waals surface area (Å²) in [4.78, 5) is 8.14. The van der Waals surface area contributed by atoms with E-state index in [4.69, 9.17) is 11.6 Å². The Balaban J connectivity index is 3.18. The number of hydrogen-bond donors (Lipinski definition) is 1. The minimum absolute atomic E-state index is 0.430. The molecule has 0 fully saturated rings. The van der Waals surface area contributed by atoms with Gasteiger partial charge >= 0.3 is 0 Å². The Kier molecular flexibility index (Phi) is 2.65. The van der Waals surface area contributed by atoms with Crippen molar-refractivity contribution in [3.05, 3.63) is 29.5 Å². The summed E-state index contributed by atoms with van der Waals surface area (Å²) in [5, 5.41) is 3.31. The molecule has 1 rings (SSSR count). The van der Waals surface area contributed by atoms with Crippen molar-refractivity contribution in [1.29, 1.82) is 0 Å². The zero-order valence-electron chi connectivity index (χ0n) is 7.06. The lowest BCUT2D eigenvalue weighted by Gasteiger charge is -2.06. The summed E-state index contributed by atoms with van der Waals surface area (Å²) in [6.07, 6.45) is 1.55. The molecular weight excluding hydrogens is 174 g/mol. The van der Waals surface area contributed by atoms with Crippen molar-refractivity contribution in [2.24, 2.45) is 0 Å². The smallest absolute Gasteiger partial charge is 0.156 e. The molecule has 1 heterocycles. The molecule has 1 aromatic heterocycles.